The van der Waals surface area contributed by atoms with Crippen molar-refractivity contribution in [2.45, 2.75) is 59.0 Å². The number of methoxy groups -OCH3 is 2. The summed E-state index contributed by atoms with van der Waals surface area (Å²) in [6.45, 7) is 6.62. The fraction of sp³-hybridized carbons (Fsp3) is 0.481. The Morgan fingerprint density at radius 1 is 1.00 bits per heavy atom. The summed E-state index contributed by atoms with van der Waals surface area (Å²) in [5, 5.41) is 12.3. The minimum atomic E-state index is -1.02. The van der Waals surface area contributed by atoms with Gasteiger partial charge in [0, 0.05) is 18.7 Å². The first-order valence-electron chi connectivity index (χ1n) is 11.8. The zero-order valence-corrected chi connectivity index (χ0v) is 21.0. The predicted molar refractivity (Wildman–Crippen MR) is 133 cm³/mol. The summed E-state index contributed by atoms with van der Waals surface area (Å²) in [5.41, 5.74) is 3.00. The van der Waals surface area contributed by atoms with E-state index < -0.39 is 12.0 Å². The lowest BCUT2D eigenvalue weighted by Gasteiger charge is -2.26. The second-order valence-corrected chi connectivity index (χ2v) is 8.96. The van der Waals surface area contributed by atoms with Gasteiger partial charge in [0.25, 0.3) is 0 Å². The molecule has 0 saturated carbocycles. The first-order valence-corrected chi connectivity index (χ1v) is 11.8. The molecule has 7 heteroatoms. The second-order valence-electron chi connectivity index (χ2n) is 8.96. The molecular weight excluding hydrogens is 432 g/mol. The van der Waals surface area contributed by atoms with E-state index in [0.717, 1.165) is 30.4 Å². The lowest BCUT2D eigenvalue weighted by atomic mass is 10.0. The van der Waals surface area contributed by atoms with Crippen LogP contribution in [0.2, 0.25) is 0 Å². The molecule has 0 aliphatic carbocycles. The van der Waals surface area contributed by atoms with E-state index in [1.165, 1.54) is 5.56 Å². The van der Waals surface area contributed by atoms with Gasteiger partial charge in [0.2, 0.25) is 0 Å². The SMILES string of the molecule is COc1cc(CN(CCCCc2ccccc2)C(=O)NC(CC(C)C)C(=O)O)cc(OC)c1C. The van der Waals surface area contributed by atoms with Crippen molar-refractivity contribution in [1.82, 2.24) is 10.2 Å². The molecule has 0 bridgehead atoms. The van der Waals surface area contributed by atoms with E-state index in [9.17, 15) is 14.7 Å². The quantitative estimate of drug-likeness (QED) is 0.400. The van der Waals surface area contributed by atoms with Gasteiger partial charge in [-0.05, 0) is 61.8 Å². The highest BCUT2D eigenvalue weighted by atomic mass is 16.5. The van der Waals surface area contributed by atoms with E-state index in [4.69, 9.17) is 9.47 Å². The van der Waals surface area contributed by atoms with Crippen LogP contribution in [0.3, 0.4) is 0 Å². The number of unbranched alkanes of at least 4 members (excludes halogenated alkanes) is 1. The van der Waals surface area contributed by atoms with Crippen LogP contribution in [0, 0.1) is 12.8 Å². The van der Waals surface area contributed by atoms with Crippen molar-refractivity contribution in [3.05, 3.63) is 59.2 Å². The lowest BCUT2D eigenvalue weighted by Crippen LogP contribution is -2.48. The van der Waals surface area contributed by atoms with Gasteiger partial charge in [-0.15, -0.1) is 0 Å². The molecule has 2 aromatic rings. The number of aliphatic carboxylic acids is 1. The minimum Gasteiger partial charge on any atom is -0.496 e. The van der Waals surface area contributed by atoms with Crippen LogP contribution in [0.4, 0.5) is 4.79 Å². The Balaban J connectivity index is 2.16. The van der Waals surface area contributed by atoms with E-state index in [0.29, 0.717) is 31.0 Å². The Hall–Kier alpha value is -3.22. The van der Waals surface area contributed by atoms with Crippen LogP contribution in [0.1, 0.15) is 49.8 Å². The lowest BCUT2D eigenvalue weighted by molar-refractivity contribution is -0.139. The molecule has 0 aliphatic heterocycles. The predicted octanol–water partition coefficient (Wildman–Crippen LogP) is 5.05. The largest absolute Gasteiger partial charge is 0.496 e. The molecule has 7 nitrogen and oxygen atoms in total. The average Bonchev–Trinajstić information content (AvgIpc) is 2.81. The van der Waals surface area contributed by atoms with Crippen LogP contribution in [-0.4, -0.2) is 48.8 Å². The molecule has 2 aromatic carbocycles. The second kappa shape index (κ2) is 13.5. The highest BCUT2D eigenvalue weighted by Gasteiger charge is 2.24. The van der Waals surface area contributed by atoms with Crippen molar-refractivity contribution in [1.29, 1.82) is 0 Å². The van der Waals surface area contributed by atoms with Crippen LogP contribution < -0.4 is 14.8 Å². The molecule has 0 aliphatic rings. The molecule has 0 aromatic heterocycles. The fourth-order valence-electron chi connectivity index (χ4n) is 3.91. The summed E-state index contributed by atoms with van der Waals surface area (Å²) >= 11 is 0. The molecule has 0 saturated heterocycles. The van der Waals surface area contributed by atoms with Crippen LogP contribution in [0.5, 0.6) is 11.5 Å². The first-order chi connectivity index (χ1) is 16.2. The van der Waals surface area contributed by atoms with Crippen molar-refractivity contribution in [2.75, 3.05) is 20.8 Å². The number of carboxylic acid groups (broad SMARTS) is 1. The van der Waals surface area contributed by atoms with Crippen molar-refractivity contribution >= 4 is 12.0 Å². The number of carbonyl (C=O) groups is 2. The zero-order valence-electron chi connectivity index (χ0n) is 21.0. The number of carboxylic acids is 1. The molecular formula is C27H38N2O5. The number of carbonyl (C=O) groups excluding carboxylic acids is 1. The molecule has 1 unspecified atom stereocenters. The summed E-state index contributed by atoms with van der Waals surface area (Å²) in [4.78, 5) is 26.6. The maximum Gasteiger partial charge on any atom is 0.326 e. The molecule has 0 fully saturated rings. The van der Waals surface area contributed by atoms with E-state index in [-0.39, 0.29) is 11.9 Å². The van der Waals surface area contributed by atoms with E-state index in [2.05, 4.69) is 17.4 Å². The Morgan fingerprint density at radius 2 is 1.62 bits per heavy atom. The van der Waals surface area contributed by atoms with Gasteiger partial charge < -0.3 is 24.8 Å². The standard InChI is InChI=1S/C27H38N2O5/c1-19(2)15-23(26(30)31)28-27(32)29(14-10-9-13-21-11-7-6-8-12-21)18-22-16-24(33-4)20(3)25(17-22)34-5/h6-8,11-12,16-17,19,23H,9-10,13-15,18H2,1-5H3,(H,28,32)(H,30,31). The van der Waals surface area contributed by atoms with Crippen LogP contribution >= 0.6 is 0 Å². The highest BCUT2D eigenvalue weighted by molar-refractivity contribution is 5.82. The van der Waals surface area contributed by atoms with Gasteiger partial charge in [-0.1, -0.05) is 44.2 Å². The van der Waals surface area contributed by atoms with Gasteiger partial charge in [-0.2, -0.15) is 0 Å². The third-order valence-corrected chi connectivity index (χ3v) is 5.76. The van der Waals surface area contributed by atoms with Gasteiger partial charge in [0.05, 0.1) is 14.2 Å². The van der Waals surface area contributed by atoms with Gasteiger partial charge in [0.15, 0.2) is 0 Å². The number of nitrogens with one attached hydrogen (secondary N) is 1. The Kier molecular flexibility index (Phi) is 10.7. The normalized spacial score (nSPS) is 11.7. The third kappa shape index (κ3) is 8.28. The minimum absolute atomic E-state index is 0.145. The molecule has 2 amide bonds. The number of urea groups is 1. The number of hydrogen-bond acceptors (Lipinski definition) is 4. The molecule has 186 valence electrons. The Bertz CT molecular complexity index is 905. The summed E-state index contributed by atoms with van der Waals surface area (Å²) in [6, 6.07) is 12.7. The molecule has 0 spiro atoms. The third-order valence-electron chi connectivity index (χ3n) is 5.76. The van der Waals surface area contributed by atoms with Gasteiger partial charge >= 0.3 is 12.0 Å². The maximum atomic E-state index is 13.2. The zero-order chi connectivity index (χ0) is 25.1. The van der Waals surface area contributed by atoms with E-state index >= 15 is 0 Å². The monoisotopic (exact) mass is 470 g/mol. The Labute approximate surface area is 203 Å². The first kappa shape index (κ1) is 27.0. The number of aryl methyl sites for hydroxylation is 1. The van der Waals surface area contributed by atoms with Crippen LogP contribution in [-0.2, 0) is 17.8 Å². The van der Waals surface area contributed by atoms with Crippen LogP contribution in [0.25, 0.3) is 0 Å². The number of ether oxygens (including phenoxy) is 2. The molecule has 1 atom stereocenters. The highest BCUT2D eigenvalue weighted by Crippen LogP contribution is 2.30. The van der Waals surface area contributed by atoms with Gasteiger partial charge in [-0.3, -0.25) is 0 Å². The van der Waals surface area contributed by atoms with Crippen LogP contribution in [0.15, 0.2) is 42.5 Å². The average molecular weight is 471 g/mol. The smallest absolute Gasteiger partial charge is 0.326 e. The van der Waals surface area contributed by atoms with Crippen molar-refractivity contribution < 1.29 is 24.2 Å². The Morgan fingerprint density at radius 3 is 2.15 bits per heavy atom. The molecule has 2 N–H and O–H groups in total. The molecule has 34 heavy (non-hydrogen) atoms. The number of amides is 2. The topological polar surface area (TPSA) is 88.1 Å². The van der Waals surface area contributed by atoms with Gasteiger partial charge in [0.1, 0.15) is 17.5 Å². The maximum absolute atomic E-state index is 13.2. The van der Waals surface area contributed by atoms with Crippen molar-refractivity contribution in [3.63, 3.8) is 0 Å². The molecule has 0 radical (unpaired) electrons. The van der Waals surface area contributed by atoms with E-state index in [1.54, 1.807) is 19.1 Å². The number of nitrogens with zero attached hydrogens (tertiary/aromatic N) is 1. The number of hydrogen-bond donors (Lipinski definition) is 2. The summed E-state index contributed by atoms with van der Waals surface area (Å²) in [7, 11) is 3.20. The fourth-order valence-corrected chi connectivity index (χ4v) is 3.91. The number of benzene rings is 2. The summed E-state index contributed by atoms with van der Waals surface area (Å²) in [5.74, 6) is 0.486. The van der Waals surface area contributed by atoms with E-state index in [1.807, 2.05) is 51.1 Å². The molecule has 0 heterocycles. The van der Waals surface area contributed by atoms with Gasteiger partial charge in [-0.25, -0.2) is 9.59 Å². The summed E-state index contributed by atoms with van der Waals surface area (Å²) < 4.78 is 11.0. The molecule has 2 rings (SSSR count). The number of rotatable bonds is 13. The van der Waals surface area contributed by atoms with Crippen molar-refractivity contribution in [3.8, 4) is 11.5 Å². The van der Waals surface area contributed by atoms with Crippen molar-refractivity contribution in [2.24, 2.45) is 5.92 Å². The summed E-state index contributed by atoms with van der Waals surface area (Å²) in [6.07, 6.45) is 3.01.